The molecule has 1 amide bonds. The minimum Gasteiger partial charge on any atom is -0.325 e. The van der Waals surface area contributed by atoms with Gasteiger partial charge in [-0.1, -0.05) is 37.7 Å². The van der Waals surface area contributed by atoms with Gasteiger partial charge in [-0.05, 0) is 53.1 Å². The molecular formula is C19H19F2N5OS. The first-order chi connectivity index (χ1) is 13.3. The lowest BCUT2D eigenvalue weighted by Crippen LogP contribution is -2.23. The summed E-state index contributed by atoms with van der Waals surface area (Å²) in [6.07, 6.45) is 0. The van der Waals surface area contributed by atoms with E-state index in [-0.39, 0.29) is 11.6 Å². The maximum absolute atomic E-state index is 13.3. The lowest BCUT2D eigenvalue weighted by atomic mass is 10.0. The van der Waals surface area contributed by atoms with Crippen LogP contribution in [0.15, 0.2) is 47.6 Å². The van der Waals surface area contributed by atoms with E-state index < -0.39 is 16.9 Å². The van der Waals surface area contributed by atoms with Gasteiger partial charge in [0.2, 0.25) is 11.1 Å². The number of hydrogen-bond acceptors (Lipinski definition) is 5. The highest BCUT2D eigenvalue weighted by atomic mass is 32.2. The van der Waals surface area contributed by atoms with Crippen LogP contribution in [-0.2, 0) is 4.79 Å². The molecule has 0 radical (unpaired) electrons. The van der Waals surface area contributed by atoms with Crippen LogP contribution in [0.25, 0.3) is 5.69 Å². The van der Waals surface area contributed by atoms with Crippen molar-refractivity contribution >= 4 is 23.4 Å². The van der Waals surface area contributed by atoms with E-state index in [9.17, 15) is 13.6 Å². The second kappa shape index (κ2) is 8.47. The summed E-state index contributed by atoms with van der Waals surface area (Å²) in [6.45, 7) is 5.90. The summed E-state index contributed by atoms with van der Waals surface area (Å²) in [6, 6.07) is 11.1. The number of hydrogen-bond donors (Lipinski definition) is 1. The Hall–Kier alpha value is -2.81. The molecule has 3 aromatic rings. The molecule has 0 fully saturated rings. The topological polar surface area (TPSA) is 72.7 Å². The van der Waals surface area contributed by atoms with Crippen LogP contribution in [-0.4, -0.2) is 31.4 Å². The van der Waals surface area contributed by atoms with Crippen molar-refractivity contribution in [1.82, 2.24) is 20.2 Å². The Morgan fingerprint density at radius 2 is 1.79 bits per heavy atom. The van der Waals surface area contributed by atoms with E-state index in [0.29, 0.717) is 11.1 Å². The highest BCUT2D eigenvalue weighted by Gasteiger charge is 2.20. The highest BCUT2D eigenvalue weighted by Crippen LogP contribution is 2.25. The lowest BCUT2D eigenvalue weighted by molar-refractivity contribution is -0.115. The maximum Gasteiger partial charge on any atom is 0.237 e. The van der Waals surface area contributed by atoms with Gasteiger partial charge in [0.05, 0.1) is 10.9 Å². The van der Waals surface area contributed by atoms with Gasteiger partial charge < -0.3 is 5.32 Å². The smallest absolute Gasteiger partial charge is 0.237 e. The third kappa shape index (κ3) is 4.53. The van der Waals surface area contributed by atoms with Gasteiger partial charge in [0, 0.05) is 11.8 Å². The van der Waals surface area contributed by atoms with Crippen molar-refractivity contribution in [2.45, 2.75) is 37.1 Å². The molecule has 0 unspecified atom stereocenters. The summed E-state index contributed by atoms with van der Waals surface area (Å²) < 4.78 is 27.8. The van der Waals surface area contributed by atoms with E-state index in [1.54, 1.807) is 11.6 Å². The van der Waals surface area contributed by atoms with E-state index in [4.69, 9.17) is 0 Å². The van der Waals surface area contributed by atoms with Crippen LogP contribution in [0.1, 0.15) is 32.3 Å². The number of halogens is 2. The molecule has 0 aliphatic heterocycles. The van der Waals surface area contributed by atoms with Gasteiger partial charge in [-0.15, -0.1) is 5.10 Å². The zero-order valence-electron chi connectivity index (χ0n) is 15.6. The number of carbonyl (C=O) groups excluding carboxylic acids is 1. The molecule has 0 aliphatic rings. The second-order valence-corrected chi connectivity index (χ2v) is 7.81. The van der Waals surface area contributed by atoms with E-state index in [0.717, 1.165) is 29.6 Å². The third-order valence-electron chi connectivity index (χ3n) is 4.08. The number of nitrogens with zero attached hydrogens (tertiary/aromatic N) is 4. The van der Waals surface area contributed by atoms with Crippen molar-refractivity contribution in [3.63, 3.8) is 0 Å². The first kappa shape index (κ1) is 19.9. The number of thioether (sulfide) groups is 1. The SMILES string of the molecule is CC(C)c1ccc(-n2nnnc2S[C@H](C)C(=O)Nc2ccc(F)c(F)c2)cc1. The Balaban J connectivity index is 1.70. The fourth-order valence-corrected chi connectivity index (χ4v) is 3.25. The van der Waals surface area contributed by atoms with E-state index in [1.165, 1.54) is 11.6 Å². The molecule has 0 saturated heterocycles. The number of rotatable bonds is 6. The van der Waals surface area contributed by atoms with Crippen molar-refractivity contribution in [3.8, 4) is 5.69 Å². The van der Waals surface area contributed by atoms with Gasteiger partial charge in [-0.2, -0.15) is 4.68 Å². The van der Waals surface area contributed by atoms with Crippen LogP contribution in [0.4, 0.5) is 14.5 Å². The van der Waals surface area contributed by atoms with Crippen LogP contribution in [0.5, 0.6) is 0 Å². The number of amides is 1. The number of nitrogens with one attached hydrogen (secondary N) is 1. The summed E-state index contributed by atoms with van der Waals surface area (Å²) in [5, 5.41) is 14.1. The average Bonchev–Trinajstić information content (AvgIpc) is 3.12. The first-order valence-corrected chi connectivity index (χ1v) is 9.54. The molecule has 3 rings (SSSR count). The molecule has 1 heterocycles. The van der Waals surface area contributed by atoms with E-state index in [2.05, 4.69) is 34.7 Å². The predicted molar refractivity (Wildman–Crippen MR) is 104 cm³/mol. The molecule has 0 spiro atoms. The molecule has 1 atom stereocenters. The van der Waals surface area contributed by atoms with Gasteiger partial charge in [0.1, 0.15) is 0 Å². The first-order valence-electron chi connectivity index (χ1n) is 8.66. The Morgan fingerprint density at radius 1 is 1.07 bits per heavy atom. The van der Waals surface area contributed by atoms with Crippen LogP contribution in [0.2, 0.25) is 0 Å². The molecule has 1 N–H and O–H groups in total. The molecule has 0 saturated carbocycles. The summed E-state index contributed by atoms with van der Waals surface area (Å²) >= 11 is 1.16. The normalized spacial score (nSPS) is 12.2. The number of tetrazole rings is 1. The molecule has 9 heteroatoms. The fraction of sp³-hybridized carbons (Fsp3) is 0.263. The number of carbonyl (C=O) groups is 1. The van der Waals surface area contributed by atoms with E-state index >= 15 is 0 Å². The standard InChI is InChI=1S/C19H19F2N5OS/c1-11(2)13-4-7-15(8-5-13)26-19(23-24-25-26)28-12(3)18(27)22-14-6-9-16(20)17(21)10-14/h4-12H,1-3H3,(H,22,27)/t12-/m1/s1. The van der Waals surface area contributed by atoms with Crippen LogP contribution in [0, 0.1) is 11.6 Å². The second-order valence-electron chi connectivity index (χ2n) is 6.50. The van der Waals surface area contributed by atoms with E-state index in [1.807, 2.05) is 24.3 Å². The molecule has 146 valence electrons. The zero-order chi connectivity index (χ0) is 20.3. The van der Waals surface area contributed by atoms with Gasteiger partial charge in [-0.3, -0.25) is 4.79 Å². The highest BCUT2D eigenvalue weighted by molar-refractivity contribution is 8.00. The number of aromatic nitrogens is 4. The van der Waals surface area contributed by atoms with Crippen LogP contribution >= 0.6 is 11.8 Å². The fourth-order valence-electron chi connectivity index (χ4n) is 2.44. The Morgan fingerprint density at radius 3 is 2.43 bits per heavy atom. The number of anilines is 1. The largest absolute Gasteiger partial charge is 0.325 e. The van der Waals surface area contributed by atoms with Crippen molar-refractivity contribution in [2.24, 2.45) is 0 Å². The molecule has 28 heavy (non-hydrogen) atoms. The average molecular weight is 403 g/mol. The summed E-state index contributed by atoms with van der Waals surface area (Å²) in [7, 11) is 0. The monoisotopic (exact) mass is 403 g/mol. The minimum absolute atomic E-state index is 0.181. The molecule has 0 aliphatic carbocycles. The number of benzene rings is 2. The quantitative estimate of drug-likeness (QED) is 0.625. The van der Waals surface area contributed by atoms with Gasteiger partial charge in [-0.25, -0.2) is 8.78 Å². The van der Waals surface area contributed by atoms with Crippen molar-refractivity contribution < 1.29 is 13.6 Å². The summed E-state index contributed by atoms with van der Waals surface area (Å²) in [5.41, 5.74) is 2.16. The van der Waals surface area contributed by atoms with Crippen molar-refractivity contribution in [1.29, 1.82) is 0 Å². The van der Waals surface area contributed by atoms with Crippen molar-refractivity contribution in [3.05, 3.63) is 59.7 Å². The maximum atomic E-state index is 13.3. The molecule has 1 aromatic heterocycles. The zero-order valence-corrected chi connectivity index (χ0v) is 16.4. The molecule has 2 aromatic carbocycles. The van der Waals surface area contributed by atoms with Gasteiger partial charge in [0.25, 0.3) is 0 Å². The lowest BCUT2D eigenvalue weighted by Gasteiger charge is -2.12. The van der Waals surface area contributed by atoms with Crippen molar-refractivity contribution in [2.75, 3.05) is 5.32 Å². The molecular weight excluding hydrogens is 384 g/mol. The minimum atomic E-state index is -1.02. The van der Waals surface area contributed by atoms with Crippen LogP contribution < -0.4 is 5.32 Å². The summed E-state index contributed by atoms with van der Waals surface area (Å²) in [4.78, 5) is 12.4. The van der Waals surface area contributed by atoms with Gasteiger partial charge >= 0.3 is 0 Å². The third-order valence-corrected chi connectivity index (χ3v) is 5.12. The molecule has 6 nitrogen and oxygen atoms in total. The Labute approximate surface area is 165 Å². The summed E-state index contributed by atoms with van der Waals surface area (Å²) in [5.74, 6) is -1.95. The van der Waals surface area contributed by atoms with Crippen LogP contribution in [0.3, 0.4) is 0 Å². The van der Waals surface area contributed by atoms with Gasteiger partial charge in [0.15, 0.2) is 11.6 Å². The predicted octanol–water partition coefficient (Wildman–Crippen LogP) is 4.18. The molecule has 0 bridgehead atoms. The Kier molecular flexibility index (Phi) is 6.03. The Bertz CT molecular complexity index is 975.